The molecule has 0 saturated heterocycles. The maximum absolute atomic E-state index is 10.7. The second kappa shape index (κ2) is 2.79. The van der Waals surface area contributed by atoms with Gasteiger partial charge in [0.15, 0.2) is 11.9 Å². The van der Waals surface area contributed by atoms with E-state index in [0.29, 0.717) is 0 Å². The van der Waals surface area contributed by atoms with Crippen LogP contribution >= 0.6 is 0 Å². The lowest BCUT2D eigenvalue weighted by Gasteiger charge is -2.03. The van der Waals surface area contributed by atoms with Crippen molar-refractivity contribution in [1.82, 2.24) is 0 Å². The maximum Gasteiger partial charge on any atom is 0.378 e. The third-order valence-corrected chi connectivity index (χ3v) is 1.34. The van der Waals surface area contributed by atoms with E-state index in [-0.39, 0.29) is 11.5 Å². The van der Waals surface area contributed by atoms with Crippen molar-refractivity contribution in [1.29, 1.82) is 0 Å². The number of aliphatic hydroxyl groups excluding tert-OH is 2. The molecule has 62 valence electrons. The average molecular weight is 160 g/mol. The van der Waals surface area contributed by atoms with Gasteiger partial charge in [-0.25, -0.2) is 4.79 Å². The molecule has 1 unspecified atom stereocenters. The van der Waals surface area contributed by atoms with Gasteiger partial charge in [-0.3, -0.25) is 0 Å². The van der Waals surface area contributed by atoms with Crippen LogP contribution in [0.25, 0.3) is 0 Å². The summed E-state index contributed by atoms with van der Waals surface area (Å²) in [4.78, 5) is 10.7. The molecule has 1 aliphatic rings. The smallest absolute Gasteiger partial charge is 0.378 e. The summed E-state index contributed by atoms with van der Waals surface area (Å²) in [6.07, 6.45) is -0.961. The van der Waals surface area contributed by atoms with E-state index in [1.165, 1.54) is 7.11 Å². The number of rotatable bonds is 2. The molecule has 0 amide bonds. The Labute approximate surface area is 62.8 Å². The summed E-state index contributed by atoms with van der Waals surface area (Å²) in [5.41, 5.74) is 0. The van der Waals surface area contributed by atoms with Crippen LogP contribution < -0.4 is 0 Å². The summed E-state index contributed by atoms with van der Waals surface area (Å²) in [5.74, 6) is -1.33. The van der Waals surface area contributed by atoms with E-state index in [1.807, 2.05) is 0 Å². The van der Waals surface area contributed by atoms with Gasteiger partial charge in [-0.05, 0) is 0 Å². The number of ether oxygens (including phenoxy) is 2. The minimum absolute atomic E-state index is 0.232. The number of methoxy groups -OCH3 is 1. The molecule has 0 aromatic heterocycles. The summed E-state index contributed by atoms with van der Waals surface area (Å²) < 4.78 is 9.00. The molecule has 1 rings (SSSR count). The molecule has 0 spiro atoms. The fraction of sp³-hybridized carbons (Fsp3) is 0.500. The van der Waals surface area contributed by atoms with Crippen molar-refractivity contribution in [2.45, 2.75) is 6.10 Å². The highest BCUT2D eigenvalue weighted by molar-refractivity contribution is 5.89. The van der Waals surface area contributed by atoms with Gasteiger partial charge >= 0.3 is 5.97 Å². The van der Waals surface area contributed by atoms with Crippen molar-refractivity contribution < 1.29 is 24.5 Å². The highest BCUT2D eigenvalue weighted by atomic mass is 16.6. The first kappa shape index (κ1) is 7.87. The second-order valence-electron chi connectivity index (χ2n) is 2.00. The van der Waals surface area contributed by atoms with Crippen LogP contribution in [-0.2, 0) is 14.3 Å². The molecule has 5 nitrogen and oxygen atoms in total. The third kappa shape index (κ3) is 1.14. The largest absolute Gasteiger partial charge is 0.505 e. The summed E-state index contributed by atoms with van der Waals surface area (Å²) >= 11 is 0. The van der Waals surface area contributed by atoms with E-state index in [4.69, 9.17) is 10.2 Å². The Morgan fingerprint density at radius 2 is 2.36 bits per heavy atom. The number of cyclic esters (lactones) is 1. The fourth-order valence-electron chi connectivity index (χ4n) is 0.801. The van der Waals surface area contributed by atoms with Crippen molar-refractivity contribution in [3.05, 3.63) is 11.5 Å². The first-order valence-electron chi connectivity index (χ1n) is 2.99. The standard InChI is InChI=1S/C6H8O5/c1-10-5-4(8)3(2-7)11-6(5)9/h3,7-8H,2H2,1H3. The quantitative estimate of drug-likeness (QED) is 0.523. The van der Waals surface area contributed by atoms with Gasteiger partial charge in [0.05, 0.1) is 13.7 Å². The Morgan fingerprint density at radius 3 is 2.64 bits per heavy atom. The maximum atomic E-state index is 10.7. The van der Waals surface area contributed by atoms with Crippen LogP contribution in [0, 0.1) is 0 Å². The molecule has 0 fully saturated rings. The predicted octanol–water partition coefficient (Wildman–Crippen LogP) is -0.680. The lowest BCUT2D eigenvalue weighted by atomic mass is 10.3. The van der Waals surface area contributed by atoms with Crippen molar-refractivity contribution in [3.8, 4) is 0 Å². The zero-order valence-corrected chi connectivity index (χ0v) is 5.90. The van der Waals surface area contributed by atoms with E-state index in [0.717, 1.165) is 0 Å². The van der Waals surface area contributed by atoms with E-state index in [9.17, 15) is 4.79 Å². The monoisotopic (exact) mass is 160 g/mol. The molecule has 1 atom stereocenters. The van der Waals surface area contributed by atoms with Gasteiger partial charge in [-0.2, -0.15) is 0 Å². The Morgan fingerprint density at radius 1 is 1.73 bits per heavy atom. The van der Waals surface area contributed by atoms with E-state index < -0.39 is 18.7 Å². The summed E-state index contributed by atoms with van der Waals surface area (Å²) in [7, 11) is 1.24. The Hall–Kier alpha value is -1.23. The molecule has 1 aliphatic heterocycles. The summed E-state index contributed by atoms with van der Waals surface area (Å²) in [6, 6.07) is 0. The van der Waals surface area contributed by atoms with Gasteiger partial charge < -0.3 is 19.7 Å². The van der Waals surface area contributed by atoms with Crippen molar-refractivity contribution in [2.24, 2.45) is 0 Å². The first-order chi connectivity index (χ1) is 5.20. The zero-order chi connectivity index (χ0) is 8.43. The Bertz CT molecular complexity index is 207. The Balaban J connectivity index is 2.85. The topological polar surface area (TPSA) is 76.0 Å². The molecule has 1 heterocycles. The molecule has 0 aliphatic carbocycles. The highest BCUT2D eigenvalue weighted by Gasteiger charge is 2.34. The van der Waals surface area contributed by atoms with Crippen LogP contribution in [0.2, 0.25) is 0 Å². The van der Waals surface area contributed by atoms with Crippen LogP contribution in [0.15, 0.2) is 11.5 Å². The SMILES string of the molecule is COC1=C(O)C(CO)OC1=O. The summed E-state index contributed by atoms with van der Waals surface area (Å²) in [6.45, 7) is -0.440. The van der Waals surface area contributed by atoms with E-state index in [1.54, 1.807) is 0 Å². The number of carbonyl (C=O) groups is 1. The van der Waals surface area contributed by atoms with Gasteiger partial charge in [0.1, 0.15) is 0 Å². The fourth-order valence-corrected chi connectivity index (χ4v) is 0.801. The van der Waals surface area contributed by atoms with Crippen LogP contribution in [-0.4, -0.2) is 36.0 Å². The molecule has 5 heteroatoms. The number of aliphatic hydroxyl groups is 2. The molecule has 2 N–H and O–H groups in total. The number of carbonyl (C=O) groups excluding carboxylic acids is 1. The van der Waals surface area contributed by atoms with Gasteiger partial charge in [-0.1, -0.05) is 0 Å². The van der Waals surface area contributed by atoms with Crippen LogP contribution in [0.3, 0.4) is 0 Å². The number of hydrogen-bond acceptors (Lipinski definition) is 5. The zero-order valence-electron chi connectivity index (χ0n) is 5.90. The number of hydrogen-bond donors (Lipinski definition) is 2. The molecular weight excluding hydrogens is 152 g/mol. The van der Waals surface area contributed by atoms with Crippen molar-refractivity contribution in [2.75, 3.05) is 13.7 Å². The van der Waals surface area contributed by atoms with Crippen LogP contribution in [0.5, 0.6) is 0 Å². The van der Waals surface area contributed by atoms with E-state index in [2.05, 4.69) is 9.47 Å². The molecule has 0 radical (unpaired) electrons. The van der Waals surface area contributed by atoms with E-state index >= 15 is 0 Å². The van der Waals surface area contributed by atoms with Gasteiger partial charge in [0, 0.05) is 0 Å². The highest BCUT2D eigenvalue weighted by Crippen LogP contribution is 2.19. The number of esters is 1. The van der Waals surface area contributed by atoms with Gasteiger partial charge in [0.25, 0.3) is 0 Å². The van der Waals surface area contributed by atoms with Gasteiger partial charge in [-0.15, -0.1) is 0 Å². The molecule has 0 aromatic carbocycles. The normalized spacial score (nSPS) is 23.8. The minimum Gasteiger partial charge on any atom is -0.505 e. The lowest BCUT2D eigenvalue weighted by molar-refractivity contribution is -0.144. The van der Waals surface area contributed by atoms with Gasteiger partial charge in [0.2, 0.25) is 5.76 Å². The first-order valence-corrected chi connectivity index (χ1v) is 2.99. The van der Waals surface area contributed by atoms with Crippen molar-refractivity contribution >= 4 is 5.97 Å². The van der Waals surface area contributed by atoms with Crippen molar-refractivity contribution in [3.63, 3.8) is 0 Å². The third-order valence-electron chi connectivity index (χ3n) is 1.34. The molecule has 11 heavy (non-hydrogen) atoms. The van der Waals surface area contributed by atoms with Crippen LogP contribution in [0.4, 0.5) is 0 Å². The van der Waals surface area contributed by atoms with Crippen LogP contribution in [0.1, 0.15) is 0 Å². The lowest BCUT2D eigenvalue weighted by Crippen LogP contribution is -2.15. The minimum atomic E-state index is -0.961. The Kier molecular flexibility index (Phi) is 2.00. The molecule has 0 bridgehead atoms. The molecule has 0 saturated carbocycles. The molecular formula is C6H8O5. The second-order valence-corrected chi connectivity index (χ2v) is 2.00. The predicted molar refractivity (Wildman–Crippen MR) is 33.6 cm³/mol. The summed E-state index contributed by atoms with van der Waals surface area (Å²) in [5, 5.41) is 17.6. The molecule has 0 aromatic rings. The average Bonchev–Trinajstić information content (AvgIpc) is 2.26.